The first-order valence-corrected chi connectivity index (χ1v) is 10.3. The lowest BCUT2D eigenvalue weighted by Crippen LogP contribution is -2.59. The molecule has 2 atom stereocenters. The van der Waals surface area contributed by atoms with Crippen LogP contribution in [0.25, 0.3) is 12.2 Å². The van der Waals surface area contributed by atoms with E-state index in [1.807, 2.05) is 70.8 Å². The summed E-state index contributed by atoms with van der Waals surface area (Å²) in [6.07, 6.45) is 6.96. The molecule has 0 saturated carbocycles. The summed E-state index contributed by atoms with van der Waals surface area (Å²) >= 11 is 3.21. The van der Waals surface area contributed by atoms with Gasteiger partial charge in [-0.3, -0.25) is 9.59 Å². The van der Waals surface area contributed by atoms with E-state index in [0.717, 1.165) is 9.75 Å². The molecule has 1 fully saturated rings. The molecule has 2 amide bonds. The van der Waals surface area contributed by atoms with Gasteiger partial charge >= 0.3 is 0 Å². The van der Waals surface area contributed by atoms with Crippen molar-refractivity contribution in [2.75, 3.05) is 13.1 Å². The summed E-state index contributed by atoms with van der Waals surface area (Å²) in [5.41, 5.74) is 0. The molecular weight excluding hydrogens is 364 g/mol. The second kappa shape index (κ2) is 8.47. The van der Waals surface area contributed by atoms with Gasteiger partial charge in [0.15, 0.2) is 0 Å². The minimum absolute atomic E-state index is 0.000948. The maximum Gasteiger partial charge on any atom is 0.246 e. The van der Waals surface area contributed by atoms with Crippen molar-refractivity contribution in [1.29, 1.82) is 0 Å². The van der Waals surface area contributed by atoms with Gasteiger partial charge in [0.25, 0.3) is 0 Å². The van der Waals surface area contributed by atoms with Crippen LogP contribution in [0.1, 0.15) is 23.6 Å². The molecule has 0 radical (unpaired) electrons. The number of rotatable bonds is 4. The Balaban J connectivity index is 1.61. The highest BCUT2D eigenvalue weighted by atomic mass is 32.1. The fraction of sp³-hybridized carbons (Fsp3) is 0.300. The van der Waals surface area contributed by atoms with Gasteiger partial charge in [0.2, 0.25) is 11.8 Å². The van der Waals surface area contributed by atoms with Gasteiger partial charge < -0.3 is 9.80 Å². The number of hydrogen-bond donors (Lipinski definition) is 0. The second-order valence-corrected chi connectivity index (χ2v) is 8.34. The molecule has 0 spiro atoms. The number of amides is 2. The summed E-state index contributed by atoms with van der Waals surface area (Å²) < 4.78 is 0. The fourth-order valence-corrected chi connectivity index (χ4v) is 4.25. The zero-order valence-electron chi connectivity index (χ0n) is 14.9. The van der Waals surface area contributed by atoms with E-state index >= 15 is 0 Å². The highest BCUT2D eigenvalue weighted by Crippen LogP contribution is 2.18. The van der Waals surface area contributed by atoms with E-state index in [9.17, 15) is 9.59 Å². The molecule has 4 nitrogen and oxygen atoms in total. The van der Waals surface area contributed by atoms with Crippen LogP contribution in [0.4, 0.5) is 0 Å². The number of thiophene rings is 2. The molecule has 1 aliphatic heterocycles. The molecule has 3 rings (SSSR count). The summed E-state index contributed by atoms with van der Waals surface area (Å²) in [4.78, 5) is 30.9. The highest BCUT2D eigenvalue weighted by Gasteiger charge is 2.32. The monoisotopic (exact) mass is 386 g/mol. The standard InChI is InChI=1S/C20H22N2O2S2/c1-15-13-22(20(24)10-8-18-6-4-12-26-18)16(2)14-21(15)19(23)9-7-17-5-3-11-25-17/h3-12,15-16H,13-14H2,1-2H3/b9-7+,10-8+/t15-,16-/m1/s1. The van der Waals surface area contributed by atoms with Crippen LogP contribution in [0.3, 0.4) is 0 Å². The number of piperazine rings is 1. The Bertz CT molecular complexity index is 726. The smallest absolute Gasteiger partial charge is 0.246 e. The zero-order chi connectivity index (χ0) is 18.5. The second-order valence-electron chi connectivity index (χ2n) is 6.38. The quantitative estimate of drug-likeness (QED) is 0.746. The van der Waals surface area contributed by atoms with Gasteiger partial charge in [-0.2, -0.15) is 0 Å². The first-order valence-electron chi connectivity index (χ1n) is 8.59. The summed E-state index contributed by atoms with van der Waals surface area (Å²) in [7, 11) is 0. The van der Waals surface area contributed by atoms with Crippen LogP contribution in [0.2, 0.25) is 0 Å². The molecule has 26 heavy (non-hydrogen) atoms. The lowest BCUT2D eigenvalue weighted by atomic mass is 10.1. The van der Waals surface area contributed by atoms with Gasteiger partial charge in [0.05, 0.1) is 0 Å². The minimum Gasteiger partial charge on any atom is -0.333 e. The van der Waals surface area contributed by atoms with Gasteiger partial charge in [-0.15, -0.1) is 22.7 Å². The van der Waals surface area contributed by atoms with Gasteiger partial charge in [0.1, 0.15) is 0 Å². The van der Waals surface area contributed by atoms with Crippen molar-refractivity contribution in [2.24, 2.45) is 0 Å². The SMILES string of the molecule is C[C@@H]1CN(C(=O)/C=C/c2cccs2)[C@H](C)CN1C(=O)/C=C/c1cccs1. The Kier molecular flexibility index (Phi) is 6.06. The summed E-state index contributed by atoms with van der Waals surface area (Å²) in [5, 5.41) is 3.98. The van der Waals surface area contributed by atoms with Crippen LogP contribution < -0.4 is 0 Å². The van der Waals surface area contributed by atoms with Crippen molar-refractivity contribution in [1.82, 2.24) is 9.80 Å². The van der Waals surface area contributed by atoms with Gasteiger partial charge in [-0.05, 0) is 48.9 Å². The van der Waals surface area contributed by atoms with Crippen LogP contribution in [0.5, 0.6) is 0 Å². The Hall–Kier alpha value is -2.18. The first-order chi connectivity index (χ1) is 12.5. The molecule has 1 aliphatic rings. The maximum atomic E-state index is 12.5. The average molecular weight is 387 g/mol. The van der Waals surface area contributed by atoms with E-state index in [0.29, 0.717) is 13.1 Å². The number of carbonyl (C=O) groups is 2. The van der Waals surface area contributed by atoms with Crippen LogP contribution in [-0.4, -0.2) is 46.8 Å². The highest BCUT2D eigenvalue weighted by molar-refractivity contribution is 7.11. The Morgan fingerprint density at radius 1 is 0.885 bits per heavy atom. The van der Waals surface area contributed by atoms with Crippen molar-refractivity contribution in [2.45, 2.75) is 25.9 Å². The van der Waals surface area contributed by atoms with Gasteiger partial charge in [0, 0.05) is 47.1 Å². The molecule has 2 aromatic heterocycles. The Morgan fingerprint density at radius 2 is 1.31 bits per heavy atom. The molecule has 3 heterocycles. The molecule has 0 bridgehead atoms. The third-order valence-electron chi connectivity index (χ3n) is 4.42. The lowest BCUT2D eigenvalue weighted by molar-refractivity contribution is -0.139. The molecule has 0 aliphatic carbocycles. The largest absolute Gasteiger partial charge is 0.333 e. The zero-order valence-corrected chi connectivity index (χ0v) is 16.5. The first kappa shape index (κ1) is 18.6. The lowest BCUT2D eigenvalue weighted by Gasteiger charge is -2.43. The van der Waals surface area contributed by atoms with Crippen molar-refractivity contribution in [3.05, 3.63) is 56.9 Å². The average Bonchev–Trinajstić information content (AvgIpc) is 3.32. The van der Waals surface area contributed by atoms with Crippen molar-refractivity contribution in [3.63, 3.8) is 0 Å². The van der Waals surface area contributed by atoms with Crippen molar-refractivity contribution >= 4 is 46.6 Å². The van der Waals surface area contributed by atoms with E-state index in [1.54, 1.807) is 34.8 Å². The van der Waals surface area contributed by atoms with Gasteiger partial charge in [-0.25, -0.2) is 0 Å². The van der Waals surface area contributed by atoms with Crippen molar-refractivity contribution < 1.29 is 9.59 Å². The molecule has 0 N–H and O–H groups in total. The maximum absolute atomic E-state index is 12.5. The summed E-state index contributed by atoms with van der Waals surface area (Å²) in [5.74, 6) is -0.00190. The Morgan fingerprint density at radius 3 is 1.65 bits per heavy atom. The normalized spacial score (nSPS) is 21.0. The fourth-order valence-electron chi connectivity index (χ4n) is 3.01. The van der Waals surface area contributed by atoms with E-state index < -0.39 is 0 Å². The molecular formula is C20H22N2O2S2. The van der Waals surface area contributed by atoms with E-state index in [1.165, 1.54) is 0 Å². The van der Waals surface area contributed by atoms with Gasteiger partial charge in [-0.1, -0.05) is 12.1 Å². The third-order valence-corrected chi connectivity index (χ3v) is 6.09. The molecule has 1 saturated heterocycles. The summed E-state index contributed by atoms with van der Waals surface area (Å²) in [6, 6.07) is 7.88. The van der Waals surface area contributed by atoms with Crippen LogP contribution in [0, 0.1) is 0 Å². The number of carbonyl (C=O) groups excluding carboxylic acids is 2. The predicted octanol–water partition coefficient (Wildman–Crippen LogP) is 3.98. The van der Waals surface area contributed by atoms with Crippen LogP contribution in [0.15, 0.2) is 47.2 Å². The predicted molar refractivity (Wildman–Crippen MR) is 109 cm³/mol. The van der Waals surface area contributed by atoms with E-state index in [4.69, 9.17) is 0 Å². The number of nitrogens with zero attached hydrogens (tertiary/aromatic N) is 2. The topological polar surface area (TPSA) is 40.6 Å². The number of hydrogen-bond acceptors (Lipinski definition) is 4. The van der Waals surface area contributed by atoms with Crippen molar-refractivity contribution in [3.8, 4) is 0 Å². The Labute approximate surface area is 162 Å². The minimum atomic E-state index is -0.00854. The van der Waals surface area contributed by atoms with E-state index in [-0.39, 0.29) is 23.9 Å². The molecule has 136 valence electrons. The third kappa shape index (κ3) is 4.51. The molecule has 6 heteroatoms. The molecule has 2 aromatic rings. The molecule has 0 aromatic carbocycles. The van der Waals surface area contributed by atoms with Crippen LogP contribution >= 0.6 is 22.7 Å². The summed E-state index contributed by atoms with van der Waals surface area (Å²) in [6.45, 7) is 5.08. The molecule has 0 unspecified atom stereocenters. The van der Waals surface area contributed by atoms with Crippen LogP contribution in [-0.2, 0) is 9.59 Å². The van der Waals surface area contributed by atoms with E-state index in [2.05, 4.69) is 0 Å².